The molecule has 12 heavy (non-hydrogen) atoms. The van der Waals surface area contributed by atoms with Crippen LogP contribution in [0.3, 0.4) is 0 Å². The Hall–Kier alpha value is -1.32. The van der Waals surface area contributed by atoms with Gasteiger partial charge in [0.2, 0.25) is 5.76 Å². The lowest BCUT2D eigenvalue weighted by Gasteiger charge is -1.87. The number of aryl methyl sites for hydroxylation is 2. The van der Waals surface area contributed by atoms with Crippen LogP contribution in [-0.4, -0.2) is 16.1 Å². The number of carbonyl (C=O) groups is 1. The smallest absolute Gasteiger partial charge is 0.373 e. The van der Waals surface area contributed by atoms with E-state index in [0.29, 0.717) is 18.0 Å². The van der Waals surface area contributed by atoms with E-state index in [4.69, 9.17) is 9.52 Å². The Bertz CT molecular complexity index is 278. The molecule has 1 heterocycles. The summed E-state index contributed by atoms with van der Waals surface area (Å²) in [4.78, 5) is 14.4. The molecule has 68 valence electrons. The lowest BCUT2D eigenvalue weighted by atomic mass is 10.3. The molecule has 1 aromatic heterocycles. The van der Waals surface area contributed by atoms with Crippen LogP contribution in [0.2, 0.25) is 0 Å². The third kappa shape index (κ3) is 1.84. The molecule has 4 heteroatoms. The molecule has 0 aliphatic heterocycles. The Kier molecular flexibility index (Phi) is 3.47. The number of oxazole rings is 1. The lowest BCUT2D eigenvalue weighted by molar-refractivity contribution is 0.0659. The molecule has 4 nitrogen and oxygen atoms in total. The molecule has 0 amide bonds. The molecule has 0 bridgehead atoms. The Labute approximate surface area is 71.2 Å². The molecule has 0 radical (unpaired) electrons. The number of carboxylic acid groups (broad SMARTS) is 1. The minimum Gasteiger partial charge on any atom is -0.475 e. The van der Waals surface area contributed by atoms with E-state index >= 15 is 0 Å². The van der Waals surface area contributed by atoms with E-state index < -0.39 is 5.97 Å². The number of nitrogens with zero attached hydrogens (tertiary/aromatic N) is 1. The minimum atomic E-state index is -1.05. The number of carboxylic acids is 1. The Morgan fingerprint density at radius 1 is 1.67 bits per heavy atom. The average molecular weight is 171 g/mol. The van der Waals surface area contributed by atoms with E-state index in [1.54, 1.807) is 6.92 Å². The van der Waals surface area contributed by atoms with Crippen LogP contribution in [-0.2, 0) is 6.42 Å². The third-order valence-corrected chi connectivity index (χ3v) is 1.33. The monoisotopic (exact) mass is 171 g/mol. The fourth-order valence-electron chi connectivity index (χ4n) is 0.877. The zero-order valence-corrected chi connectivity index (χ0v) is 6.42. The van der Waals surface area contributed by atoms with Crippen molar-refractivity contribution in [3.05, 3.63) is 17.3 Å². The highest BCUT2D eigenvalue weighted by Gasteiger charge is 2.15. The highest BCUT2D eigenvalue weighted by molar-refractivity contribution is 5.85. The van der Waals surface area contributed by atoms with Gasteiger partial charge < -0.3 is 9.52 Å². The van der Waals surface area contributed by atoms with Crippen LogP contribution in [0, 0.1) is 6.92 Å². The maximum Gasteiger partial charge on any atom is 0.373 e. The predicted octanol–water partition coefficient (Wildman–Crippen LogP) is 1.88. The van der Waals surface area contributed by atoms with Crippen molar-refractivity contribution in [1.29, 1.82) is 0 Å². The minimum absolute atomic E-state index is 0. The second-order valence-corrected chi connectivity index (χ2v) is 2.17. The highest BCUT2D eigenvalue weighted by atomic mass is 16.4. The second-order valence-electron chi connectivity index (χ2n) is 2.17. The summed E-state index contributed by atoms with van der Waals surface area (Å²) in [5.41, 5.74) is 0.509. The first-order chi connectivity index (χ1) is 5.15. The number of aromatic nitrogens is 1. The first-order valence-electron chi connectivity index (χ1n) is 3.34. The molecule has 0 fully saturated rings. The van der Waals surface area contributed by atoms with Crippen LogP contribution in [0.25, 0.3) is 0 Å². The maximum absolute atomic E-state index is 10.5. The molecule has 1 N–H and O–H groups in total. The molecule has 0 atom stereocenters. The highest BCUT2D eigenvalue weighted by Crippen LogP contribution is 2.10. The van der Waals surface area contributed by atoms with Gasteiger partial charge in [0.1, 0.15) is 0 Å². The molecule has 0 aliphatic carbocycles. The molecule has 1 rings (SSSR count). The van der Waals surface area contributed by atoms with Crippen LogP contribution in [0.1, 0.15) is 36.5 Å². The van der Waals surface area contributed by atoms with Gasteiger partial charge in [0.05, 0.1) is 5.69 Å². The van der Waals surface area contributed by atoms with E-state index in [1.807, 2.05) is 6.92 Å². The van der Waals surface area contributed by atoms with Crippen molar-refractivity contribution in [3.63, 3.8) is 0 Å². The van der Waals surface area contributed by atoms with Gasteiger partial charge in [0.25, 0.3) is 0 Å². The summed E-state index contributed by atoms with van der Waals surface area (Å²) in [5.74, 6) is -0.688. The summed E-state index contributed by atoms with van der Waals surface area (Å²) in [6.45, 7) is 3.47. The van der Waals surface area contributed by atoms with Crippen LogP contribution in [0.5, 0.6) is 0 Å². The van der Waals surface area contributed by atoms with E-state index in [2.05, 4.69) is 4.98 Å². The number of hydrogen-bond donors (Lipinski definition) is 1. The molecule has 0 aliphatic rings. The molecule has 0 unspecified atom stereocenters. The first kappa shape index (κ1) is 10.7. The maximum atomic E-state index is 10.5. The van der Waals surface area contributed by atoms with Crippen LogP contribution < -0.4 is 0 Å². The van der Waals surface area contributed by atoms with Gasteiger partial charge in [0, 0.05) is 6.92 Å². The van der Waals surface area contributed by atoms with Crippen molar-refractivity contribution in [3.8, 4) is 0 Å². The fourth-order valence-corrected chi connectivity index (χ4v) is 0.877. The van der Waals surface area contributed by atoms with Crippen molar-refractivity contribution in [2.45, 2.75) is 27.7 Å². The second kappa shape index (κ2) is 3.90. The van der Waals surface area contributed by atoms with E-state index in [0.717, 1.165) is 0 Å². The molecule has 0 saturated carbocycles. The van der Waals surface area contributed by atoms with E-state index in [1.165, 1.54) is 0 Å². The van der Waals surface area contributed by atoms with Gasteiger partial charge in [-0.3, -0.25) is 0 Å². The van der Waals surface area contributed by atoms with Gasteiger partial charge in [-0.25, -0.2) is 9.78 Å². The number of hydrogen-bond acceptors (Lipinski definition) is 3. The van der Waals surface area contributed by atoms with Gasteiger partial charge in [-0.1, -0.05) is 14.4 Å². The van der Waals surface area contributed by atoms with Crippen molar-refractivity contribution in [1.82, 2.24) is 4.98 Å². The summed E-state index contributed by atoms with van der Waals surface area (Å²) in [6, 6.07) is 0. The Morgan fingerprint density at radius 2 is 2.25 bits per heavy atom. The van der Waals surface area contributed by atoms with Crippen molar-refractivity contribution < 1.29 is 14.3 Å². The van der Waals surface area contributed by atoms with E-state index in [9.17, 15) is 4.79 Å². The normalized spacial score (nSPS) is 9.17. The van der Waals surface area contributed by atoms with Gasteiger partial charge in [-0.15, -0.1) is 0 Å². The number of rotatable bonds is 2. The fraction of sp³-hybridized carbons (Fsp3) is 0.500. The molecular weight excluding hydrogens is 158 g/mol. The van der Waals surface area contributed by atoms with Crippen LogP contribution >= 0.6 is 0 Å². The zero-order valence-electron chi connectivity index (χ0n) is 6.42. The summed E-state index contributed by atoms with van der Waals surface area (Å²) in [6.07, 6.45) is 0.582. The van der Waals surface area contributed by atoms with Crippen LogP contribution in [0.4, 0.5) is 0 Å². The Balaban J connectivity index is 0.00000121. The van der Waals surface area contributed by atoms with E-state index in [-0.39, 0.29) is 13.2 Å². The molecule has 0 aromatic carbocycles. The summed E-state index contributed by atoms with van der Waals surface area (Å²) in [7, 11) is 0. The lowest BCUT2D eigenvalue weighted by Crippen LogP contribution is -1.98. The van der Waals surface area contributed by atoms with Crippen molar-refractivity contribution >= 4 is 5.97 Å². The number of aromatic carboxylic acids is 1. The zero-order chi connectivity index (χ0) is 8.43. The summed E-state index contributed by atoms with van der Waals surface area (Å²) in [5, 5.41) is 8.58. The Morgan fingerprint density at radius 3 is 2.58 bits per heavy atom. The predicted molar refractivity (Wildman–Crippen MR) is 44.3 cm³/mol. The summed E-state index contributed by atoms with van der Waals surface area (Å²) < 4.78 is 4.86. The molecule has 0 saturated heterocycles. The molecule has 0 spiro atoms. The topological polar surface area (TPSA) is 63.3 Å². The van der Waals surface area contributed by atoms with Gasteiger partial charge >= 0.3 is 5.97 Å². The molecular formula is C8H13NO3. The SMILES string of the molecule is C.CCc1nc(C)oc1C(=O)O. The summed E-state index contributed by atoms with van der Waals surface area (Å²) >= 11 is 0. The van der Waals surface area contributed by atoms with Gasteiger partial charge in [0.15, 0.2) is 5.89 Å². The quantitative estimate of drug-likeness (QED) is 0.737. The largest absolute Gasteiger partial charge is 0.475 e. The van der Waals surface area contributed by atoms with Gasteiger partial charge in [-0.2, -0.15) is 0 Å². The third-order valence-electron chi connectivity index (χ3n) is 1.33. The first-order valence-corrected chi connectivity index (χ1v) is 3.34. The standard InChI is InChI=1S/C7H9NO3.CH4/c1-3-5-6(7(9)10)11-4(2)8-5;/h3H2,1-2H3,(H,9,10);1H4. The molecule has 1 aromatic rings. The average Bonchev–Trinajstić information content (AvgIpc) is 2.30. The van der Waals surface area contributed by atoms with Gasteiger partial charge in [-0.05, 0) is 6.42 Å². The van der Waals surface area contributed by atoms with Crippen LogP contribution in [0.15, 0.2) is 4.42 Å². The van der Waals surface area contributed by atoms with Crippen molar-refractivity contribution in [2.24, 2.45) is 0 Å². The van der Waals surface area contributed by atoms with Crippen molar-refractivity contribution in [2.75, 3.05) is 0 Å².